The summed E-state index contributed by atoms with van der Waals surface area (Å²) in [4.78, 5) is 9.83. The molecule has 0 amide bonds. The van der Waals surface area contributed by atoms with Crippen LogP contribution in [0.15, 0.2) is 121 Å². The predicted octanol–water partition coefficient (Wildman–Crippen LogP) is 17.8. The molecule has 0 aliphatic heterocycles. The van der Waals surface area contributed by atoms with Crippen molar-refractivity contribution >= 4 is 11.0 Å². The van der Waals surface area contributed by atoms with Crippen LogP contribution in [0.1, 0.15) is 192 Å². The summed E-state index contributed by atoms with van der Waals surface area (Å²) in [6.45, 7) is -11.4. The van der Waals surface area contributed by atoms with E-state index in [4.69, 9.17) is 37.4 Å². The second-order valence-electron chi connectivity index (χ2n) is 19.5. The van der Waals surface area contributed by atoms with Gasteiger partial charge in [-0.25, -0.2) is 4.98 Å². The first-order valence-corrected chi connectivity index (χ1v) is 22.6. The van der Waals surface area contributed by atoms with Crippen LogP contribution in [0.2, 0.25) is 0 Å². The maximum Gasteiger partial charge on any atom is 0.148 e. The van der Waals surface area contributed by atoms with Crippen LogP contribution in [-0.4, -0.2) is 19.6 Å². The van der Waals surface area contributed by atoms with Crippen molar-refractivity contribution in [3.05, 3.63) is 166 Å². The molecule has 2 heterocycles. The molecule has 4 nitrogen and oxygen atoms in total. The van der Waals surface area contributed by atoms with Gasteiger partial charge in [-0.15, -0.1) is 29.3 Å². The van der Waals surface area contributed by atoms with E-state index in [1.807, 2.05) is 95.3 Å². The van der Waals surface area contributed by atoms with Crippen molar-refractivity contribution in [2.75, 3.05) is 0 Å². The number of phenolic OH excluding ortho intramolecular Hbond substituents is 1. The van der Waals surface area contributed by atoms with Crippen molar-refractivity contribution in [2.24, 2.45) is 0 Å². The number of aryl methyl sites for hydroxylation is 1. The smallest absolute Gasteiger partial charge is 0.148 e. The number of aromatic nitrogens is 3. The number of hydrogen-bond donors (Lipinski definition) is 1. The Morgan fingerprint density at radius 1 is 0.609 bits per heavy atom. The molecule has 8 rings (SSSR count). The molecule has 0 atom stereocenters. The first-order chi connectivity index (χ1) is 41.2. The Kier molecular flexibility index (Phi) is 8.10. The molecular weight excluding hydrogens is 1020 g/mol. The van der Waals surface area contributed by atoms with Crippen molar-refractivity contribution in [1.29, 1.82) is 0 Å². The molecule has 1 N–H and O–H groups in total. The Hall–Kier alpha value is -5.57. The van der Waals surface area contributed by atoms with Gasteiger partial charge in [-0.2, -0.15) is 0 Å². The van der Waals surface area contributed by atoms with Crippen LogP contribution in [0.5, 0.6) is 5.75 Å². The number of phenols is 1. The van der Waals surface area contributed by atoms with Crippen LogP contribution in [0.3, 0.4) is 0 Å². The summed E-state index contributed by atoms with van der Waals surface area (Å²) in [6.07, 6.45) is 1.64. The van der Waals surface area contributed by atoms with Gasteiger partial charge in [0, 0.05) is 70.0 Å². The number of benzene rings is 6. The molecule has 2 aromatic heterocycles. The minimum absolute atomic E-state index is 0. The zero-order valence-corrected chi connectivity index (χ0v) is 42.5. The summed E-state index contributed by atoms with van der Waals surface area (Å²) < 4.78 is 205. The average molecular weight is 1120 g/mol. The molecule has 0 saturated carbocycles. The number of rotatable bonds is 9. The Morgan fingerprint density at radius 2 is 1.26 bits per heavy atom. The molecule has 0 aliphatic carbocycles. The molecule has 0 unspecified atom stereocenters. The minimum Gasteiger partial charge on any atom is -0.507 e. The SMILES string of the molecule is [2H]C([2H])([2H])c1cc(-c2cc(C(C)C)cc(C([2H])(C)C)c2)ccc1-n1c(-c2cc(C(C([2H])([2H])[2H])(C([2H])([2H])[2H])C([2H])([2H])[2H])cc(C(C([2H])([2H])[2H])(C([2H])([2H])[2H])C([2H])([2H])[2H])c2O)nc2c(-c3[c-]c(-c4cc(-c5ccc(C([2H])(C)C)cc5)ccn4)cc(C(C)(C)C)c3)cccc21.[Pt]. The number of para-hydroxylation sites is 1. The number of aromatic hydroxyl groups is 1. The van der Waals surface area contributed by atoms with Crippen molar-refractivity contribution in [1.82, 2.24) is 14.5 Å². The normalized spacial score (nSPS) is 18.9. The average Bonchev–Trinajstić information content (AvgIpc) is 0.779. The second-order valence-corrected chi connectivity index (χ2v) is 19.5. The molecule has 0 fully saturated rings. The second kappa shape index (κ2) is 19.3. The van der Waals surface area contributed by atoms with E-state index < -0.39 is 110 Å². The van der Waals surface area contributed by atoms with Crippen molar-refractivity contribution in [3.8, 4) is 67.5 Å². The summed E-state index contributed by atoms with van der Waals surface area (Å²) in [5.74, 6) is -4.22. The number of nitrogens with zero attached hydrogens (tertiary/aromatic N) is 3. The van der Waals surface area contributed by atoms with E-state index in [0.717, 1.165) is 27.8 Å². The number of hydrogen-bond acceptors (Lipinski definition) is 3. The van der Waals surface area contributed by atoms with Crippen LogP contribution in [0.4, 0.5) is 0 Å². The van der Waals surface area contributed by atoms with Crippen LogP contribution in [-0.2, 0) is 37.3 Å². The van der Waals surface area contributed by atoms with E-state index >= 15 is 0 Å². The summed E-state index contributed by atoms with van der Waals surface area (Å²) in [5, 5.41) is 13.1. The van der Waals surface area contributed by atoms with Gasteiger partial charge >= 0.3 is 0 Å². The van der Waals surface area contributed by atoms with Gasteiger partial charge in [-0.1, -0.05) is 187 Å². The fraction of sp³-hybridized carbons (Fsp3) is 0.344. The van der Waals surface area contributed by atoms with Gasteiger partial charge in [-0.05, 0) is 121 Å². The standard InChI is InChI=1S/C64H72N3O.Pt/c1-38(2)42-20-22-43(23-21-42)45-26-27-65-56(35-45)50-32-49(33-51(34-50)62(8,9)10)53-18-17-19-58-59(53)66-61(54-36-52(63(11,12)13)37-55(60(54)68)64(14,15)16)67(58)57-25-24-44(28-41(57)7)48-30-46(39(3)4)29-47(31-48)40(5)6;/h17-31,33-40,68H,1-16H3;/q-1;/i7D3,11D3,12D3,13D3,14D3,15D3,16D3,38D,39D;. The fourth-order valence-corrected chi connectivity index (χ4v) is 8.44. The molecular formula is C64H72N3OPt-. The quantitative estimate of drug-likeness (QED) is 0.147. The molecule has 360 valence electrons. The molecule has 6 aromatic carbocycles. The third-order valence-electron chi connectivity index (χ3n) is 12.5. The number of pyridine rings is 1. The topological polar surface area (TPSA) is 50.9 Å². The van der Waals surface area contributed by atoms with Crippen LogP contribution >= 0.6 is 0 Å². The fourth-order valence-electron chi connectivity index (χ4n) is 8.44. The van der Waals surface area contributed by atoms with E-state index in [0.29, 0.717) is 39.6 Å². The first kappa shape index (κ1) is 28.9. The third kappa shape index (κ3) is 10.5. The molecule has 5 heteroatoms. The van der Waals surface area contributed by atoms with E-state index in [-0.39, 0.29) is 55.3 Å². The minimum atomic E-state index is -4.26. The zero-order valence-electron chi connectivity index (χ0n) is 63.2. The predicted molar refractivity (Wildman–Crippen MR) is 290 cm³/mol. The van der Waals surface area contributed by atoms with Gasteiger partial charge in [0.25, 0.3) is 0 Å². The van der Waals surface area contributed by atoms with Crippen molar-refractivity contribution in [2.45, 2.75) is 144 Å². The molecule has 0 aliphatic rings. The van der Waals surface area contributed by atoms with E-state index in [2.05, 4.69) is 6.07 Å². The van der Waals surface area contributed by atoms with Gasteiger partial charge in [0.05, 0.1) is 22.3 Å². The summed E-state index contributed by atoms with van der Waals surface area (Å²) >= 11 is 0. The summed E-state index contributed by atoms with van der Waals surface area (Å²) in [6, 6.07) is 33.8. The monoisotopic (exact) mass is 1120 g/mol. The molecule has 0 saturated heterocycles. The largest absolute Gasteiger partial charge is 0.507 e. The first-order valence-electron chi connectivity index (χ1n) is 34.1. The van der Waals surface area contributed by atoms with Crippen LogP contribution in [0, 0.1) is 12.9 Å². The Bertz CT molecular complexity index is 4000. The van der Waals surface area contributed by atoms with Gasteiger partial charge in [0.15, 0.2) is 0 Å². The maximum absolute atomic E-state index is 13.1. The molecule has 0 radical (unpaired) electrons. The van der Waals surface area contributed by atoms with Crippen molar-refractivity contribution in [3.63, 3.8) is 0 Å². The summed E-state index contributed by atoms with van der Waals surface area (Å²) in [5.41, 5.74) is -6.58. The van der Waals surface area contributed by atoms with E-state index in [9.17, 15) is 9.22 Å². The molecule has 8 aromatic rings. The third-order valence-corrected chi connectivity index (χ3v) is 12.5. The Labute approximate surface area is 460 Å². The van der Waals surface area contributed by atoms with E-state index in [1.54, 1.807) is 58.2 Å². The van der Waals surface area contributed by atoms with Crippen molar-refractivity contribution < 1.29 is 57.7 Å². The molecule has 69 heavy (non-hydrogen) atoms. The zero-order chi connectivity index (χ0) is 68.5. The Balaban J connectivity index is 0.0000120. The summed E-state index contributed by atoms with van der Waals surface area (Å²) in [7, 11) is 0. The van der Waals surface area contributed by atoms with Crippen LogP contribution in [0.25, 0.3) is 72.7 Å². The van der Waals surface area contributed by atoms with Crippen LogP contribution < -0.4 is 0 Å². The molecule has 0 bridgehead atoms. The maximum atomic E-state index is 13.1. The Morgan fingerprint density at radius 3 is 1.91 bits per heavy atom. The molecule has 0 spiro atoms. The number of fused-ring (bicyclic) bond motifs is 1. The number of imidazole rings is 1. The van der Waals surface area contributed by atoms with Gasteiger partial charge in [0.1, 0.15) is 11.6 Å². The van der Waals surface area contributed by atoms with Gasteiger partial charge < -0.3 is 5.11 Å². The van der Waals surface area contributed by atoms with Gasteiger partial charge in [-0.3, -0.25) is 9.55 Å². The van der Waals surface area contributed by atoms with Gasteiger partial charge in [0.2, 0.25) is 0 Å². The van der Waals surface area contributed by atoms with E-state index in [1.165, 1.54) is 22.8 Å².